The Morgan fingerprint density at radius 1 is 0.646 bits per heavy atom. The number of hydrogen-bond acceptors (Lipinski definition) is 16. The van der Waals surface area contributed by atoms with Crippen LogP contribution in [0.1, 0.15) is 110 Å². The van der Waals surface area contributed by atoms with Gasteiger partial charge < -0.3 is 97.4 Å². The third-order valence-corrected chi connectivity index (χ3v) is 13.3. The molecule has 1 heterocycles. The number of phenolic OH excluding ortho intramolecular Hbond substituents is 1. The number of nitrogens with one attached hydrogen (secondary N) is 11. The molecular weight excluding hydrogens is 1030 g/mol. The van der Waals surface area contributed by atoms with Crippen LogP contribution in [0.25, 0.3) is 0 Å². The molecule has 0 bridgehead atoms. The van der Waals surface area contributed by atoms with Gasteiger partial charge in [-0.25, -0.2) is 0 Å². The number of aliphatic hydroxyl groups excluding tert-OH is 1. The highest BCUT2D eigenvalue weighted by Crippen LogP contribution is 2.21. The number of carbonyl (C=O) groups excluding carboxylic acids is 9. The first-order valence-corrected chi connectivity index (χ1v) is 26.9. The van der Waals surface area contributed by atoms with Crippen molar-refractivity contribution in [2.75, 3.05) is 39.3 Å². The summed E-state index contributed by atoms with van der Waals surface area (Å²) in [4.78, 5) is 124. The van der Waals surface area contributed by atoms with Crippen LogP contribution in [0.4, 0.5) is 0 Å². The van der Waals surface area contributed by atoms with Crippen LogP contribution in [-0.4, -0.2) is 174 Å². The number of primary amides is 1. The summed E-state index contributed by atoms with van der Waals surface area (Å²) in [6.45, 7) is 5.31. The van der Waals surface area contributed by atoms with Gasteiger partial charge in [-0.15, -0.1) is 0 Å². The maximum absolute atomic E-state index is 14.2. The molecule has 1 saturated heterocycles. The van der Waals surface area contributed by atoms with Gasteiger partial charge in [0.15, 0.2) is 11.9 Å². The first kappa shape index (κ1) is 67.7. The molecule has 1 aromatic rings. The molecule has 25 N–H and O–H groups in total. The van der Waals surface area contributed by atoms with Gasteiger partial charge in [-0.1, -0.05) is 32.4 Å². The monoisotopic (exact) mass is 1120 g/mol. The van der Waals surface area contributed by atoms with E-state index in [1.54, 1.807) is 0 Å². The topological polar surface area (TPSA) is 509 Å². The first-order chi connectivity index (χ1) is 37.4. The molecule has 0 radical (unpaired) electrons. The van der Waals surface area contributed by atoms with E-state index in [2.05, 4.69) is 47.9 Å². The fourth-order valence-electron chi connectivity index (χ4n) is 8.48. The number of benzene rings is 1. The average molecular weight is 1120 g/mol. The van der Waals surface area contributed by atoms with E-state index in [9.17, 15) is 53.4 Å². The number of unbranched alkanes of at least 4 members (excludes halogenated alkanes) is 2. The molecule has 0 unspecified atom stereocenters. The fourth-order valence-corrected chi connectivity index (χ4v) is 8.48. The van der Waals surface area contributed by atoms with E-state index >= 15 is 0 Å². The molecule has 0 aromatic heterocycles. The van der Waals surface area contributed by atoms with Crippen molar-refractivity contribution in [3.8, 4) is 5.75 Å². The molecule has 0 aliphatic carbocycles. The SMILES string of the molecule is CC[C@H](C)[C@H](N)C(=O)N[C@@H](CCCCN)C(=O)N1CCC[C@H]1C(=O)N[C@@H](CCCNC(=N)N)C(=O)N[C@@H](CCCCN)C(=O)NCC(=O)N[C@@H](Cc1ccc(O)cc1)C(=O)N[C@H](C(=O)N[C@@H](CCCNC(=N)N)C(N)=O)[C@@H](C)O. The number of phenols is 1. The normalized spacial score (nSPS) is 16.4. The van der Waals surface area contributed by atoms with Gasteiger partial charge >= 0.3 is 0 Å². The summed E-state index contributed by atoms with van der Waals surface area (Å²) in [5.74, 6) is -7.91. The van der Waals surface area contributed by atoms with Crippen LogP contribution in [0.5, 0.6) is 5.75 Å². The number of amides is 9. The zero-order valence-corrected chi connectivity index (χ0v) is 45.7. The van der Waals surface area contributed by atoms with Gasteiger partial charge in [-0.05, 0) is 121 Å². The van der Waals surface area contributed by atoms with Crippen molar-refractivity contribution in [3.05, 3.63) is 29.8 Å². The van der Waals surface area contributed by atoms with Crippen LogP contribution < -0.4 is 82.3 Å². The van der Waals surface area contributed by atoms with Gasteiger partial charge in [0, 0.05) is 26.1 Å². The van der Waals surface area contributed by atoms with Crippen molar-refractivity contribution in [2.45, 2.75) is 165 Å². The van der Waals surface area contributed by atoms with Crippen LogP contribution >= 0.6 is 0 Å². The Balaban J connectivity index is 2.34. The summed E-state index contributed by atoms with van der Waals surface area (Å²) < 4.78 is 0. The Bertz CT molecular complexity index is 2190. The Hall–Kier alpha value is -7.37. The Morgan fingerprint density at radius 3 is 1.71 bits per heavy atom. The quantitative estimate of drug-likeness (QED) is 0.0168. The van der Waals surface area contributed by atoms with Crippen molar-refractivity contribution in [2.24, 2.45) is 40.3 Å². The lowest BCUT2D eigenvalue weighted by atomic mass is 9.98. The molecular formula is C50H88N18O11. The van der Waals surface area contributed by atoms with E-state index < -0.39 is 114 Å². The zero-order valence-electron chi connectivity index (χ0n) is 45.7. The lowest BCUT2D eigenvalue weighted by Gasteiger charge is -2.31. The smallest absolute Gasteiger partial charge is 0.245 e. The largest absolute Gasteiger partial charge is 0.508 e. The lowest BCUT2D eigenvalue weighted by molar-refractivity contribution is -0.142. The van der Waals surface area contributed by atoms with E-state index in [0.717, 1.165) is 0 Å². The number of nitrogens with zero attached hydrogens (tertiary/aromatic N) is 1. The van der Waals surface area contributed by atoms with E-state index in [-0.39, 0.29) is 101 Å². The molecule has 0 saturated carbocycles. The van der Waals surface area contributed by atoms with Crippen molar-refractivity contribution >= 4 is 65.1 Å². The van der Waals surface area contributed by atoms with Crippen molar-refractivity contribution in [1.82, 2.24) is 52.8 Å². The third kappa shape index (κ3) is 24.9. The van der Waals surface area contributed by atoms with E-state index in [0.29, 0.717) is 50.6 Å². The number of nitrogens with two attached hydrogens (primary N) is 6. The highest BCUT2D eigenvalue weighted by molar-refractivity contribution is 5.98. The molecule has 29 heteroatoms. The van der Waals surface area contributed by atoms with Gasteiger partial charge in [0.2, 0.25) is 53.2 Å². The summed E-state index contributed by atoms with van der Waals surface area (Å²) in [6, 6.07) is -4.21. The van der Waals surface area contributed by atoms with Gasteiger partial charge in [0.05, 0.1) is 18.7 Å². The number of aliphatic hydroxyl groups is 1. The molecule has 29 nitrogen and oxygen atoms in total. The van der Waals surface area contributed by atoms with Gasteiger partial charge in [0.1, 0.15) is 48.0 Å². The number of carbonyl (C=O) groups is 9. The highest BCUT2D eigenvalue weighted by Gasteiger charge is 2.40. The minimum atomic E-state index is -1.66. The van der Waals surface area contributed by atoms with Crippen LogP contribution in [0, 0.1) is 16.7 Å². The second kappa shape index (κ2) is 35.9. The number of rotatable bonds is 37. The molecule has 79 heavy (non-hydrogen) atoms. The van der Waals surface area contributed by atoms with Crippen LogP contribution in [0.15, 0.2) is 24.3 Å². The Morgan fingerprint density at radius 2 is 1.16 bits per heavy atom. The van der Waals surface area contributed by atoms with E-state index in [1.807, 2.05) is 13.8 Å². The number of hydrogen-bond donors (Lipinski definition) is 19. The second-order valence-electron chi connectivity index (χ2n) is 19.7. The summed E-state index contributed by atoms with van der Waals surface area (Å²) in [7, 11) is 0. The van der Waals surface area contributed by atoms with E-state index in [4.69, 9.17) is 45.2 Å². The number of aromatic hydroxyl groups is 1. The molecule has 1 fully saturated rings. The Labute approximate surface area is 461 Å². The lowest BCUT2D eigenvalue weighted by Crippen LogP contribution is -2.60. The van der Waals surface area contributed by atoms with Crippen molar-refractivity contribution in [1.29, 1.82) is 10.8 Å². The maximum Gasteiger partial charge on any atom is 0.245 e. The first-order valence-electron chi connectivity index (χ1n) is 26.9. The Kier molecular flexibility index (Phi) is 30.8. The molecule has 1 aliphatic heterocycles. The average Bonchev–Trinajstić information content (AvgIpc) is 3.92. The summed E-state index contributed by atoms with van der Waals surface area (Å²) >= 11 is 0. The standard InChI is InChI=1S/C50H88N18O11/c1-4-28(2)39(53)46(77)66-35(13-6-8-22-52)48(79)68-25-11-16-37(68)45(76)65-34(15-10-24-60-50(57)58)43(74)64-33(12-5-7-21-51)42(73)61-27-38(71)62-36(26-30-17-19-31(70)20-18-30)44(75)67-40(29(3)69)47(78)63-32(41(54)72)14-9-23-59-49(55)56/h17-20,28-29,32-37,39-40,69-70H,4-16,21-27,51-53H2,1-3H3,(H2,54,72)(H,61,73)(H,62,71)(H,63,78)(H,64,74)(H,65,76)(H,66,77)(H,67,75)(H4,55,56,59)(H4,57,58,60)/t28-,29+,32-,33-,34-,35-,36-,37-,39-,40-/m0/s1. The molecule has 1 aliphatic rings. The van der Waals surface area contributed by atoms with Crippen LogP contribution in [0.3, 0.4) is 0 Å². The molecule has 10 atom stereocenters. The van der Waals surface area contributed by atoms with Crippen LogP contribution in [-0.2, 0) is 49.6 Å². The number of guanidine groups is 2. The highest BCUT2D eigenvalue weighted by atomic mass is 16.3. The zero-order chi connectivity index (χ0) is 59.2. The minimum absolute atomic E-state index is 0.0147. The molecule has 9 amide bonds. The predicted molar refractivity (Wildman–Crippen MR) is 294 cm³/mol. The predicted octanol–water partition coefficient (Wildman–Crippen LogP) is -5.03. The molecule has 1 aromatic carbocycles. The molecule has 0 spiro atoms. The number of likely N-dealkylation sites (tertiary alicyclic amines) is 1. The third-order valence-electron chi connectivity index (χ3n) is 13.3. The summed E-state index contributed by atoms with van der Waals surface area (Å²) in [5.41, 5.74) is 34.4. The fraction of sp³-hybridized carbons (Fsp3) is 0.660. The van der Waals surface area contributed by atoms with Gasteiger partial charge in [-0.2, -0.15) is 0 Å². The summed E-state index contributed by atoms with van der Waals surface area (Å²) in [6.07, 6.45) is 2.18. The second-order valence-corrected chi connectivity index (χ2v) is 19.7. The maximum atomic E-state index is 14.2. The van der Waals surface area contributed by atoms with Crippen molar-refractivity contribution in [3.63, 3.8) is 0 Å². The van der Waals surface area contributed by atoms with Gasteiger partial charge in [-0.3, -0.25) is 54.0 Å². The van der Waals surface area contributed by atoms with Crippen molar-refractivity contribution < 1.29 is 53.4 Å². The van der Waals surface area contributed by atoms with E-state index in [1.165, 1.54) is 36.1 Å². The molecule has 444 valence electrons. The minimum Gasteiger partial charge on any atom is -0.508 e. The summed E-state index contributed by atoms with van der Waals surface area (Å²) in [5, 5.41) is 58.6. The van der Waals surface area contributed by atoms with Crippen LogP contribution in [0.2, 0.25) is 0 Å². The van der Waals surface area contributed by atoms with Gasteiger partial charge in [0.25, 0.3) is 0 Å². The molecule has 2 rings (SSSR count).